The average molecular weight is 488 g/mol. The molecule has 0 bridgehead atoms. The minimum Gasteiger partial charge on any atom is -0.485 e. The van der Waals surface area contributed by atoms with Crippen molar-refractivity contribution < 1.29 is 28.7 Å². The summed E-state index contributed by atoms with van der Waals surface area (Å²) in [7, 11) is 0. The van der Waals surface area contributed by atoms with E-state index in [0.29, 0.717) is 27.1 Å². The molecule has 4 amide bonds. The Labute approximate surface area is 185 Å². The first-order valence-corrected chi connectivity index (χ1v) is 10.4. The molecule has 0 saturated carbocycles. The van der Waals surface area contributed by atoms with E-state index in [9.17, 15) is 19.2 Å². The molecule has 0 spiro atoms. The van der Waals surface area contributed by atoms with E-state index >= 15 is 0 Å². The highest BCUT2D eigenvalue weighted by molar-refractivity contribution is 9.10. The van der Waals surface area contributed by atoms with Gasteiger partial charge in [0, 0.05) is 17.4 Å². The van der Waals surface area contributed by atoms with Crippen LogP contribution >= 0.6 is 15.9 Å². The van der Waals surface area contributed by atoms with Gasteiger partial charge in [-0.15, -0.1) is 0 Å². The number of amides is 4. The normalized spacial score (nSPS) is 16.7. The van der Waals surface area contributed by atoms with Gasteiger partial charge in [-0.2, -0.15) is 0 Å². The van der Waals surface area contributed by atoms with Crippen LogP contribution in [0.5, 0.6) is 11.5 Å². The van der Waals surface area contributed by atoms with Crippen molar-refractivity contribution in [2.24, 2.45) is 0 Å². The van der Waals surface area contributed by atoms with Crippen molar-refractivity contribution in [3.8, 4) is 11.5 Å². The predicted octanol–water partition coefficient (Wildman–Crippen LogP) is 1.81. The summed E-state index contributed by atoms with van der Waals surface area (Å²) >= 11 is 3.28. The summed E-state index contributed by atoms with van der Waals surface area (Å²) in [5, 5.41) is 0. The molecule has 10 heteroatoms. The number of para-hydroxylation sites is 2. The van der Waals surface area contributed by atoms with Crippen molar-refractivity contribution in [1.29, 1.82) is 0 Å². The molecule has 2 N–H and O–H groups in total. The Morgan fingerprint density at radius 1 is 1.03 bits per heavy atom. The van der Waals surface area contributed by atoms with Gasteiger partial charge in [0.15, 0.2) is 11.5 Å². The summed E-state index contributed by atoms with van der Waals surface area (Å²) in [5.41, 5.74) is 5.30. The van der Waals surface area contributed by atoms with Gasteiger partial charge in [-0.25, -0.2) is 0 Å². The Balaban J connectivity index is 1.21. The molecule has 0 aromatic heterocycles. The van der Waals surface area contributed by atoms with Gasteiger partial charge in [0.1, 0.15) is 6.61 Å². The minimum absolute atomic E-state index is 0.0161. The number of rotatable bonds is 5. The Morgan fingerprint density at radius 2 is 1.77 bits per heavy atom. The molecule has 0 radical (unpaired) electrons. The fourth-order valence-electron chi connectivity index (χ4n) is 3.29. The smallest absolute Gasteiger partial charge is 0.283 e. The Morgan fingerprint density at radius 3 is 2.58 bits per heavy atom. The largest absolute Gasteiger partial charge is 0.485 e. The number of carbonyl (C=O) groups excluding carboxylic acids is 4. The highest BCUT2D eigenvalue weighted by atomic mass is 79.9. The SMILES string of the molecule is O=C(CCCN1C(=O)c2ccc(Br)cc2C1=O)NNC(=O)C1COc2ccccc2O1. The standard InChI is InChI=1S/C21H18BrN3O6/c22-12-7-8-13-14(10-12)21(29)25(20(13)28)9-3-6-18(26)23-24-19(27)17-11-30-15-4-1-2-5-16(15)31-17/h1-2,4-5,7-8,10,17H,3,6,9,11H2,(H,23,26)(H,24,27). The number of nitrogens with zero attached hydrogens (tertiary/aromatic N) is 1. The quantitative estimate of drug-likeness (QED) is 0.491. The van der Waals surface area contributed by atoms with E-state index in [2.05, 4.69) is 26.8 Å². The lowest BCUT2D eigenvalue weighted by atomic mass is 10.1. The zero-order chi connectivity index (χ0) is 22.0. The van der Waals surface area contributed by atoms with Crippen LogP contribution in [0.2, 0.25) is 0 Å². The van der Waals surface area contributed by atoms with Crippen LogP contribution in [0.15, 0.2) is 46.9 Å². The third-order valence-corrected chi connectivity index (χ3v) is 5.34. The van der Waals surface area contributed by atoms with Gasteiger partial charge in [-0.3, -0.25) is 34.9 Å². The van der Waals surface area contributed by atoms with Crippen LogP contribution < -0.4 is 20.3 Å². The van der Waals surface area contributed by atoms with Gasteiger partial charge in [-0.05, 0) is 36.8 Å². The lowest BCUT2D eigenvalue weighted by Crippen LogP contribution is -2.50. The first kappa shape index (κ1) is 20.9. The predicted molar refractivity (Wildman–Crippen MR) is 111 cm³/mol. The van der Waals surface area contributed by atoms with Crippen LogP contribution in [0.4, 0.5) is 0 Å². The topological polar surface area (TPSA) is 114 Å². The van der Waals surface area contributed by atoms with E-state index in [0.717, 1.165) is 4.90 Å². The lowest BCUT2D eigenvalue weighted by Gasteiger charge is -2.25. The van der Waals surface area contributed by atoms with Crippen LogP contribution in [-0.4, -0.2) is 47.8 Å². The van der Waals surface area contributed by atoms with E-state index in [4.69, 9.17) is 9.47 Å². The van der Waals surface area contributed by atoms with Gasteiger partial charge < -0.3 is 9.47 Å². The molecule has 31 heavy (non-hydrogen) atoms. The highest BCUT2D eigenvalue weighted by Gasteiger charge is 2.35. The van der Waals surface area contributed by atoms with Crippen LogP contribution in [0, 0.1) is 0 Å². The van der Waals surface area contributed by atoms with E-state index in [-0.39, 0.29) is 37.8 Å². The Bertz CT molecular complexity index is 1070. The molecule has 2 aromatic carbocycles. The number of ether oxygens (including phenoxy) is 2. The number of nitrogens with one attached hydrogen (secondary N) is 2. The van der Waals surface area contributed by atoms with Gasteiger partial charge in [0.2, 0.25) is 12.0 Å². The monoisotopic (exact) mass is 487 g/mol. The summed E-state index contributed by atoms with van der Waals surface area (Å²) in [4.78, 5) is 50.1. The van der Waals surface area contributed by atoms with Gasteiger partial charge in [0.05, 0.1) is 11.1 Å². The number of carbonyl (C=O) groups is 4. The van der Waals surface area contributed by atoms with E-state index in [1.807, 2.05) is 0 Å². The fourth-order valence-corrected chi connectivity index (χ4v) is 3.65. The van der Waals surface area contributed by atoms with Crippen molar-refractivity contribution in [3.63, 3.8) is 0 Å². The molecule has 2 heterocycles. The number of fused-ring (bicyclic) bond motifs is 2. The van der Waals surface area contributed by atoms with Gasteiger partial charge in [0.25, 0.3) is 17.7 Å². The summed E-state index contributed by atoms with van der Waals surface area (Å²) in [5.74, 6) is -0.761. The number of imide groups is 1. The zero-order valence-corrected chi connectivity index (χ0v) is 17.8. The zero-order valence-electron chi connectivity index (χ0n) is 16.2. The number of benzene rings is 2. The maximum atomic E-state index is 12.4. The van der Waals surface area contributed by atoms with Gasteiger partial charge in [-0.1, -0.05) is 28.1 Å². The van der Waals surface area contributed by atoms with E-state index < -0.39 is 17.9 Å². The third-order valence-electron chi connectivity index (χ3n) is 4.84. The molecule has 160 valence electrons. The third kappa shape index (κ3) is 4.38. The number of halogens is 1. The summed E-state index contributed by atoms with van der Waals surface area (Å²) in [6.07, 6.45) is -0.625. The first-order valence-electron chi connectivity index (χ1n) is 9.57. The molecule has 4 rings (SSSR count). The molecular weight excluding hydrogens is 470 g/mol. The molecule has 2 aliphatic heterocycles. The van der Waals surface area contributed by atoms with Crippen molar-refractivity contribution in [1.82, 2.24) is 15.8 Å². The molecule has 1 unspecified atom stereocenters. The van der Waals surface area contributed by atoms with Crippen molar-refractivity contribution >= 4 is 39.6 Å². The maximum absolute atomic E-state index is 12.4. The number of hydrazine groups is 1. The van der Waals surface area contributed by atoms with Crippen LogP contribution in [0.1, 0.15) is 33.6 Å². The van der Waals surface area contributed by atoms with E-state index in [1.54, 1.807) is 42.5 Å². The molecular formula is C21H18BrN3O6. The van der Waals surface area contributed by atoms with Crippen LogP contribution in [-0.2, 0) is 9.59 Å². The lowest BCUT2D eigenvalue weighted by molar-refractivity contribution is -0.135. The minimum atomic E-state index is -0.895. The van der Waals surface area contributed by atoms with E-state index in [1.165, 1.54) is 0 Å². The fraction of sp³-hybridized carbons (Fsp3) is 0.238. The number of hydrogen-bond acceptors (Lipinski definition) is 6. The second kappa shape index (κ2) is 8.76. The van der Waals surface area contributed by atoms with Crippen molar-refractivity contribution in [3.05, 3.63) is 58.1 Å². The average Bonchev–Trinajstić information content (AvgIpc) is 3.01. The molecule has 2 aromatic rings. The maximum Gasteiger partial charge on any atom is 0.283 e. The second-order valence-corrected chi connectivity index (χ2v) is 7.87. The second-order valence-electron chi connectivity index (χ2n) is 6.96. The molecule has 1 atom stereocenters. The number of hydrogen-bond donors (Lipinski definition) is 2. The van der Waals surface area contributed by atoms with Gasteiger partial charge >= 0.3 is 0 Å². The summed E-state index contributed by atoms with van der Waals surface area (Å²) in [6.45, 7) is 0.121. The summed E-state index contributed by atoms with van der Waals surface area (Å²) in [6, 6.07) is 11.9. The highest BCUT2D eigenvalue weighted by Crippen LogP contribution is 2.30. The molecule has 0 saturated heterocycles. The molecule has 9 nitrogen and oxygen atoms in total. The molecule has 0 fully saturated rings. The van der Waals surface area contributed by atoms with Crippen molar-refractivity contribution in [2.45, 2.75) is 18.9 Å². The summed E-state index contributed by atoms with van der Waals surface area (Å²) < 4.78 is 11.7. The van der Waals surface area contributed by atoms with Crippen LogP contribution in [0.3, 0.4) is 0 Å². The molecule has 2 aliphatic rings. The first-order chi connectivity index (χ1) is 14.9. The Hall–Kier alpha value is -3.40. The molecule has 0 aliphatic carbocycles. The van der Waals surface area contributed by atoms with Crippen molar-refractivity contribution in [2.75, 3.05) is 13.2 Å². The van der Waals surface area contributed by atoms with Crippen LogP contribution in [0.25, 0.3) is 0 Å². The Kier molecular flexibility index (Phi) is 5.90.